The van der Waals surface area contributed by atoms with E-state index in [1.807, 2.05) is 38.1 Å². The summed E-state index contributed by atoms with van der Waals surface area (Å²) in [5.41, 5.74) is 2.86. The molecule has 0 aliphatic heterocycles. The van der Waals surface area contributed by atoms with Gasteiger partial charge < -0.3 is 5.32 Å². The van der Waals surface area contributed by atoms with E-state index in [0.717, 1.165) is 16.8 Å². The van der Waals surface area contributed by atoms with E-state index in [-0.39, 0.29) is 5.91 Å². The van der Waals surface area contributed by atoms with Crippen molar-refractivity contribution in [2.24, 2.45) is 0 Å². The first-order valence-electron chi connectivity index (χ1n) is 6.23. The average molecular weight is 287 g/mol. The molecule has 3 nitrogen and oxygen atoms in total. The van der Waals surface area contributed by atoms with E-state index in [4.69, 9.17) is 11.6 Å². The van der Waals surface area contributed by atoms with Crippen molar-refractivity contribution in [1.29, 1.82) is 0 Å². The van der Waals surface area contributed by atoms with Crippen LogP contribution in [0.5, 0.6) is 0 Å². The lowest BCUT2D eigenvalue weighted by Gasteiger charge is -2.04. The van der Waals surface area contributed by atoms with Crippen molar-refractivity contribution < 1.29 is 4.79 Å². The molecule has 2 rings (SSSR count). The zero-order chi connectivity index (χ0) is 14.5. The molecule has 2 aromatic rings. The zero-order valence-corrected chi connectivity index (χ0v) is 12.1. The predicted molar refractivity (Wildman–Crippen MR) is 82.8 cm³/mol. The highest BCUT2D eigenvalue weighted by molar-refractivity contribution is 6.30. The van der Waals surface area contributed by atoms with Gasteiger partial charge in [0, 0.05) is 16.8 Å². The van der Waals surface area contributed by atoms with E-state index in [2.05, 4.69) is 10.3 Å². The largest absolute Gasteiger partial charge is 0.307 e. The number of nitrogens with zero attached hydrogens (tertiary/aromatic N) is 1. The van der Waals surface area contributed by atoms with Gasteiger partial charge in [-0.25, -0.2) is 4.98 Å². The molecule has 0 saturated carbocycles. The lowest BCUT2D eigenvalue weighted by Crippen LogP contribution is -2.09. The molecule has 1 aromatic carbocycles. The Hall–Kier alpha value is -2.13. The van der Waals surface area contributed by atoms with Crippen LogP contribution in [0.2, 0.25) is 5.02 Å². The number of pyridine rings is 1. The summed E-state index contributed by atoms with van der Waals surface area (Å²) in [6.07, 6.45) is 3.21. The summed E-state index contributed by atoms with van der Waals surface area (Å²) in [7, 11) is 0. The molecule has 1 N–H and O–H groups in total. The van der Waals surface area contributed by atoms with Gasteiger partial charge in [0.1, 0.15) is 5.82 Å². The molecule has 0 spiro atoms. The molecule has 0 aliphatic carbocycles. The molecule has 0 fully saturated rings. The van der Waals surface area contributed by atoms with Gasteiger partial charge in [0.05, 0.1) is 0 Å². The number of anilines is 1. The highest BCUT2D eigenvalue weighted by Crippen LogP contribution is 2.11. The van der Waals surface area contributed by atoms with Crippen LogP contribution in [0, 0.1) is 13.8 Å². The third kappa shape index (κ3) is 4.21. The number of amides is 1. The van der Waals surface area contributed by atoms with Crippen molar-refractivity contribution in [2.45, 2.75) is 13.8 Å². The Labute approximate surface area is 123 Å². The summed E-state index contributed by atoms with van der Waals surface area (Å²) in [5.74, 6) is 0.353. The average Bonchev–Trinajstić information content (AvgIpc) is 2.37. The Kier molecular flexibility index (Phi) is 4.53. The highest BCUT2D eigenvalue weighted by Gasteiger charge is 2.01. The number of rotatable bonds is 3. The molecule has 0 aliphatic rings. The number of benzene rings is 1. The summed E-state index contributed by atoms with van der Waals surface area (Å²) in [4.78, 5) is 16.1. The van der Waals surface area contributed by atoms with Gasteiger partial charge in [-0.05, 0) is 55.3 Å². The molecular weight excluding hydrogens is 272 g/mol. The molecule has 1 aromatic heterocycles. The van der Waals surface area contributed by atoms with Crippen molar-refractivity contribution in [2.75, 3.05) is 5.32 Å². The van der Waals surface area contributed by atoms with Crippen LogP contribution < -0.4 is 5.32 Å². The molecule has 4 heteroatoms. The van der Waals surface area contributed by atoms with Gasteiger partial charge in [-0.2, -0.15) is 0 Å². The number of aromatic nitrogens is 1. The van der Waals surface area contributed by atoms with E-state index >= 15 is 0 Å². The summed E-state index contributed by atoms with van der Waals surface area (Å²) >= 11 is 5.80. The summed E-state index contributed by atoms with van der Waals surface area (Å²) in [6.45, 7) is 3.86. The predicted octanol–water partition coefficient (Wildman–Crippen LogP) is 4.00. The quantitative estimate of drug-likeness (QED) is 0.867. The maximum absolute atomic E-state index is 11.8. The summed E-state index contributed by atoms with van der Waals surface area (Å²) in [6, 6.07) is 11.1. The smallest absolute Gasteiger partial charge is 0.249 e. The van der Waals surface area contributed by atoms with Crippen molar-refractivity contribution in [3.63, 3.8) is 0 Å². The van der Waals surface area contributed by atoms with Crippen LogP contribution in [0.3, 0.4) is 0 Å². The number of nitrogens with one attached hydrogen (secondary N) is 1. The van der Waals surface area contributed by atoms with E-state index in [1.165, 1.54) is 6.08 Å². The molecule has 1 amide bonds. The number of hydrogen-bond acceptors (Lipinski definition) is 2. The lowest BCUT2D eigenvalue weighted by atomic mass is 10.2. The fourth-order valence-electron chi connectivity index (χ4n) is 1.82. The number of carbonyl (C=O) groups excluding carboxylic acids is 1. The van der Waals surface area contributed by atoms with E-state index < -0.39 is 0 Å². The van der Waals surface area contributed by atoms with Crippen LogP contribution in [-0.2, 0) is 4.79 Å². The minimum absolute atomic E-state index is 0.211. The highest BCUT2D eigenvalue weighted by atomic mass is 35.5. The first kappa shape index (κ1) is 14.3. The van der Waals surface area contributed by atoms with Crippen molar-refractivity contribution in [3.05, 3.63) is 64.3 Å². The number of aryl methyl sites for hydroxylation is 2. The van der Waals surface area contributed by atoms with Gasteiger partial charge in [-0.1, -0.05) is 23.7 Å². The van der Waals surface area contributed by atoms with Gasteiger partial charge in [-0.3, -0.25) is 4.79 Å². The van der Waals surface area contributed by atoms with Gasteiger partial charge in [0.2, 0.25) is 5.91 Å². The van der Waals surface area contributed by atoms with Crippen LogP contribution in [-0.4, -0.2) is 10.9 Å². The fraction of sp³-hybridized carbons (Fsp3) is 0.125. The normalized spacial score (nSPS) is 10.8. The first-order chi connectivity index (χ1) is 9.52. The van der Waals surface area contributed by atoms with E-state index in [9.17, 15) is 4.79 Å². The molecule has 0 atom stereocenters. The van der Waals surface area contributed by atoms with Gasteiger partial charge in [0.15, 0.2) is 0 Å². The van der Waals surface area contributed by atoms with Crippen LogP contribution in [0.1, 0.15) is 16.8 Å². The summed E-state index contributed by atoms with van der Waals surface area (Å²) < 4.78 is 0. The Morgan fingerprint density at radius 2 is 1.90 bits per heavy atom. The van der Waals surface area contributed by atoms with E-state index in [1.54, 1.807) is 18.2 Å². The minimum atomic E-state index is -0.211. The second kappa shape index (κ2) is 6.35. The van der Waals surface area contributed by atoms with Crippen molar-refractivity contribution in [3.8, 4) is 0 Å². The Morgan fingerprint density at radius 3 is 2.55 bits per heavy atom. The van der Waals surface area contributed by atoms with Gasteiger partial charge in [-0.15, -0.1) is 0 Å². The molecule has 1 heterocycles. The minimum Gasteiger partial charge on any atom is -0.307 e. The molecular formula is C16H15ClN2O. The zero-order valence-electron chi connectivity index (χ0n) is 11.4. The monoisotopic (exact) mass is 286 g/mol. The fourth-order valence-corrected chi connectivity index (χ4v) is 1.95. The Bertz CT molecular complexity index is 628. The van der Waals surface area contributed by atoms with Gasteiger partial charge in [0.25, 0.3) is 0 Å². The topological polar surface area (TPSA) is 42.0 Å². The second-order valence-electron chi connectivity index (χ2n) is 4.55. The second-order valence-corrected chi connectivity index (χ2v) is 4.98. The van der Waals surface area contributed by atoms with Crippen molar-refractivity contribution >= 4 is 29.4 Å². The number of hydrogen-bond donors (Lipinski definition) is 1. The maximum Gasteiger partial charge on any atom is 0.249 e. The number of carbonyl (C=O) groups is 1. The Morgan fingerprint density at radius 1 is 1.20 bits per heavy atom. The molecule has 102 valence electrons. The van der Waals surface area contributed by atoms with Crippen LogP contribution in [0.4, 0.5) is 5.82 Å². The SMILES string of the molecule is Cc1cc(C)nc(NC(=O)C=Cc2ccc(Cl)cc2)c1. The third-order valence-electron chi connectivity index (χ3n) is 2.65. The maximum atomic E-state index is 11.8. The van der Waals surface area contributed by atoms with Crippen LogP contribution in [0.25, 0.3) is 6.08 Å². The first-order valence-corrected chi connectivity index (χ1v) is 6.61. The third-order valence-corrected chi connectivity index (χ3v) is 2.90. The lowest BCUT2D eigenvalue weighted by molar-refractivity contribution is -0.111. The number of halogens is 1. The molecule has 0 unspecified atom stereocenters. The standard InChI is InChI=1S/C16H15ClN2O/c1-11-9-12(2)18-15(10-11)19-16(20)8-5-13-3-6-14(17)7-4-13/h3-10H,1-2H3,(H,18,19,20). The van der Waals surface area contributed by atoms with E-state index in [0.29, 0.717) is 10.8 Å². The molecule has 0 bridgehead atoms. The van der Waals surface area contributed by atoms with Crippen molar-refractivity contribution in [1.82, 2.24) is 4.98 Å². The molecule has 0 radical (unpaired) electrons. The Balaban J connectivity index is 2.03. The molecule has 20 heavy (non-hydrogen) atoms. The van der Waals surface area contributed by atoms with Crippen LogP contribution >= 0.6 is 11.6 Å². The molecule has 0 saturated heterocycles. The van der Waals surface area contributed by atoms with Gasteiger partial charge >= 0.3 is 0 Å². The summed E-state index contributed by atoms with van der Waals surface area (Å²) in [5, 5.41) is 3.41. The van der Waals surface area contributed by atoms with Crippen LogP contribution in [0.15, 0.2) is 42.5 Å².